The van der Waals surface area contributed by atoms with E-state index in [2.05, 4.69) is 6.92 Å². The summed E-state index contributed by atoms with van der Waals surface area (Å²) >= 11 is 5.68. The van der Waals surface area contributed by atoms with E-state index in [1.165, 1.54) is 5.56 Å². The van der Waals surface area contributed by atoms with E-state index in [9.17, 15) is 0 Å². The molecule has 1 aromatic rings. The Bertz CT molecular complexity index is 298. The monoisotopic (exact) mass is 256 g/mol. The molecule has 0 N–H and O–H groups in total. The number of benzene rings is 1. The van der Waals surface area contributed by atoms with E-state index in [0.717, 1.165) is 31.1 Å². The smallest absolute Gasteiger partial charge is 0.118 e. The van der Waals surface area contributed by atoms with Gasteiger partial charge in [-0.3, -0.25) is 0 Å². The molecule has 0 aliphatic carbocycles. The molecule has 1 rings (SSSR count). The fourth-order valence-electron chi connectivity index (χ4n) is 1.53. The van der Waals surface area contributed by atoms with Crippen molar-refractivity contribution >= 4 is 11.6 Å². The highest BCUT2D eigenvalue weighted by Gasteiger charge is 2.01. The van der Waals surface area contributed by atoms with E-state index in [1.807, 2.05) is 24.3 Å². The Balaban J connectivity index is 2.17. The zero-order valence-corrected chi connectivity index (χ0v) is 11.4. The van der Waals surface area contributed by atoms with Gasteiger partial charge >= 0.3 is 0 Å². The number of ether oxygens (including phenoxy) is 2. The van der Waals surface area contributed by atoms with Crippen LogP contribution < -0.4 is 4.74 Å². The molecule has 1 unspecified atom stereocenters. The maximum Gasteiger partial charge on any atom is 0.118 e. The van der Waals surface area contributed by atoms with Crippen molar-refractivity contribution in [3.63, 3.8) is 0 Å². The predicted octanol–water partition coefficient (Wildman–Crippen LogP) is 3.87. The van der Waals surface area contributed by atoms with Crippen molar-refractivity contribution in [2.75, 3.05) is 19.6 Å². The number of hydrogen-bond acceptors (Lipinski definition) is 2. The lowest BCUT2D eigenvalue weighted by Gasteiger charge is -2.10. The lowest BCUT2D eigenvalue weighted by Crippen LogP contribution is -2.02. The first-order valence-corrected chi connectivity index (χ1v) is 6.56. The van der Waals surface area contributed by atoms with Crippen molar-refractivity contribution in [1.82, 2.24) is 0 Å². The van der Waals surface area contributed by atoms with Crippen LogP contribution >= 0.6 is 11.6 Å². The van der Waals surface area contributed by atoms with Gasteiger partial charge in [0.15, 0.2) is 0 Å². The van der Waals surface area contributed by atoms with Gasteiger partial charge in [0.05, 0.1) is 13.7 Å². The molecule has 0 aliphatic rings. The summed E-state index contributed by atoms with van der Waals surface area (Å²) < 4.78 is 10.7. The van der Waals surface area contributed by atoms with Crippen LogP contribution in [0.5, 0.6) is 5.75 Å². The normalized spacial score (nSPS) is 12.4. The van der Waals surface area contributed by atoms with E-state index < -0.39 is 0 Å². The summed E-state index contributed by atoms with van der Waals surface area (Å²) in [4.78, 5) is 0. The van der Waals surface area contributed by atoms with E-state index in [-0.39, 0.29) is 0 Å². The second kappa shape index (κ2) is 8.37. The van der Waals surface area contributed by atoms with Crippen LogP contribution in [-0.4, -0.2) is 19.6 Å². The minimum atomic E-state index is 0.642. The highest BCUT2D eigenvalue weighted by molar-refractivity contribution is 6.17. The van der Waals surface area contributed by atoms with Crippen LogP contribution in [0.3, 0.4) is 0 Å². The van der Waals surface area contributed by atoms with Crippen molar-refractivity contribution in [3.8, 4) is 5.75 Å². The molecule has 0 saturated carbocycles. The molecule has 0 aromatic heterocycles. The summed E-state index contributed by atoms with van der Waals surface area (Å²) in [5, 5.41) is 0. The fourth-order valence-corrected chi connectivity index (χ4v) is 1.90. The molecule has 0 heterocycles. The summed E-state index contributed by atoms with van der Waals surface area (Å²) in [7, 11) is 1.67. The summed E-state index contributed by atoms with van der Waals surface area (Å²) in [6.07, 6.45) is 2.14. The van der Waals surface area contributed by atoms with Gasteiger partial charge < -0.3 is 9.47 Å². The summed E-state index contributed by atoms with van der Waals surface area (Å²) in [5.74, 6) is 2.26. The molecule has 2 nitrogen and oxygen atoms in total. The van der Waals surface area contributed by atoms with Gasteiger partial charge in [0.1, 0.15) is 5.75 Å². The molecule has 1 aromatic carbocycles. The molecule has 0 fully saturated rings. The summed E-state index contributed by atoms with van der Waals surface area (Å²) in [5.41, 5.74) is 1.18. The maximum absolute atomic E-state index is 5.68. The summed E-state index contributed by atoms with van der Waals surface area (Å²) in [6, 6.07) is 7.96. The third-order valence-corrected chi connectivity index (χ3v) is 3.00. The van der Waals surface area contributed by atoms with E-state index in [0.29, 0.717) is 12.5 Å². The van der Waals surface area contributed by atoms with Gasteiger partial charge in [-0.25, -0.2) is 0 Å². The van der Waals surface area contributed by atoms with Crippen molar-refractivity contribution in [1.29, 1.82) is 0 Å². The van der Waals surface area contributed by atoms with Gasteiger partial charge in [-0.1, -0.05) is 19.1 Å². The molecule has 17 heavy (non-hydrogen) atoms. The SMILES string of the molecule is COc1ccc(COCCC(C)CCCl)cc1. The standard InChI is InChI=1S/C14H21ClO2/c1-12(7-9-15)8-10-17-11-13-3-5-14(16-2)6-4-13/h3-6,12H,7-11H2,1-2H3. The highest BCUT2D eigenvalue weighted by Crippen LogP contribution is 2.13. The first-order chi connectivity index (χ1) is 8.26. The fraction of sp³-hybridized carbons (Fsp3) is 0.571. The lowest BCUT2D eigenvalue weighted by atomic mass is 10.1. The molecule has 1 atom stereocenters. The quantitative estimate of drug-likeness (QED) is 0.519. The Morgan fingerprint density at radius 1 is 1.18 bits per heavy atom. The van der Waals surface area contributed by atoms with E-state index in [4.69, 9.17) is 21.1 Å². The molecular formula is C14H21ClO2. The average molecular weight is 257 g/mol. The van der Waals surface area contributed by atoms with Gasteiger partial charge in [0.25, 0.3) is 0 Å². The van der Waals surface area contributed by atoms with Crippen molar-refractivity contribution in [2.45, 2.75) is 26.4 Å². The lowest BCUT2D eigenvalue weighted by molar-refractivity contribution is 0.108. The molecular weight excluding hydrogens is 236 g/mol. The number of halogens is 1. The number of rotatable bonds is 8. The van der Waals surface area contributed by atoms with Crippen molar-refractivity contribution in [3.05, 3.63) is 29.8 Å². The van der Waals surface area contributed by atoms with Gasteiger partial charge in [-0.15, -0.1) is 11.6 Å². The zero-order valence-electron chi connectivity index (χ0n) is 10.6. The van der Waals surface area contributed by atoms with E-state index in [1.54, 1.807) is 7.11 Å². The Hall–Kier alpha value is -0.730. The Kier molecular flexibility index (Phi) is 7.06. The van der Waals surface area contributed by atoms with Crippen LogP contribution in [0.2, 0.25) is 0 Å². The van der Waals surface area contributed by atoms with Gasteiger partial charge in [0.2, 0.25) is 0 Å². The second-order valence-electron chi connectivity index (χ2n) is 4.27. The largest absolute Gasteiger partial charge is 0.497 e. The Morgan fingerprint density at radius 2 is 1.88 bits per heavy atom. The van der Waals surface area contributed by atoms with Crippen molar-refractivity contribution < 1.29 is 9.47 Å². The highest BCUT2D eigenvalue weighted by atomic mass is 35.5. The topological polar surface area (TPSA) is 18.5 Å². The van der Waals surface area contributed by atoms with Crippen LogP contribution in [0.15, 0.2) is 24.3 Å². The molecule has 0 radical (unpaired) electrons. The zero-order chi connectivity index (χ0) is 12.5. The third kappa shape index (κ3) is 5.94. The first-order valence-electron chi connectivity index (χ1n) is 6.03. The minimum absolute atomic E-state index is 0.642. The second-order valence-corrected chi connectivity index (χ2v) is 4.65. The molecule has 3 heteroatoms. The molecule has 0 spiro atoms. The number of alkyl halides is 1. The first kappa shape index (κ1) is 14.3. The van der Waals surface area contributed by atoms with Crippen LogP contribution in [0, 0.1) is 5.92 Å². The van der Waals surface area contributed by atoms with Crippen LogP contribution in [0.25, 0.3) is 0 Å². The molecule has 0 saturated heterocycles. The minimum Gasteiger partial charge on any atom is -0.497 e. The van der Waals surface area contributed by atoms with Crippen LogP contribution in [0.1, 0.15) is 25.3 Å². The molecule has 96 valence electrons. The third-order valence-electron chi connectivity index (χ3n) is 2.78. The van der Waals surface area contributed by atoms with Gasteiger partial charge in [-0.05, 0) is 36.5 Å². The molecule has 0 bridgehead atoms. The van der Waals surface area contributed by atoms with Crippen molar-refractivity contribution in [2.24, 2.45) is 5.92 Å². The van der Waals surface area contributed by atoms with Crippen LogP contribution in [-0.2, 0) is 11.3 Å². The number of methoxy groups -OCH3 is 1. The van der Waals surface area contributed by atoms with Gasteiger partial charge in [0, 0.05) is 12.5 Å². The molecule has 0 amide bonds. The predicted molar refractivity (Wildman–Crippen MR) is 71.8 cm³/mol. The number of hydrogen-bond donors (Lipinski definition) is 0. The Labute approximate surface area is 109 Å². The Morgan fingerprint density at radius 3 is 2.47 bits per heavy atom. The van der Waals surface area contributed by atoms with Gasteiger partial charge in [-0.2, -0.15) is 0 Å². The summed E-state index contributed by atoms with van der Waals surface area (Å²) in [6.45, 7) is 3.67. The van der Waals surface area contributed by atoms with E-state index >= 15 is 0 Å². The molecule has 0 aliphatic heterocycles. The maximum atomic E-state index is 5.68. The van der Waals surface area contributed by atoms with Crippen LogP contribution in [0.4, 0.5) is 0 Å². The average Bonchev–Trinajstić information content (AvgIpc) is 2.36.